The summed E-state index contributed by atoms with van der Waals surface area (Å²) in [4.78, 5) is 10.8. The largest absolute Gasteiger partial charge is 0.478 e. The molecule has 1 aliphatic heterocycles. The highest BCUT2D eigenvalue weighted by atomic mass is 16.5. The zero-order chi connectivity index (χ0) is 9.97. The number of nitrogens with zero attached hydrogens (tertiary/aromatic N) is 1. The maximum absolute atomic E-state index is 10.8. The van der Waals surface area contributed by atoms with E-state index in [0.29, 0.717) is 12.4 Å². The second-order valence-corrected chi connectivity index (χ2v) is 3.32. The van der Waals surface area contributed by atoms with Gasteiger partial charge < -0.3 is 14.4 Å². The van der Waals surface area contributed by atoms with Crippen LogP contribution in [0.3, 0.4) is 0 Å². The third-order valence-corrected chi connectivity index (χ3v) is 2.36. The maximum atomic E-state index is 10.8. The Morgan fingerprint density at radius 2 is 2.50 bits per heavy atom. The van der Waals surface area contributed by atoms with Crippen LogP contribution in [0.2, 0.25) is 0 Å². The van der Waals surface area contributed by atoms with Gasteiger partial charge in [-0.25, -0.2) is 4.79 Å². The van der Waals surface area contributed by atoms with Crippen LogP contribution in [0.4, 0.5) is 0 Å². The fourth-order valence-corrected chi connectivity index (χ4v) is 1.65. The summed E-state index contributed by atoms with van der Waals surface area (Å²) in [6.45, 7) is 1.27. The van der Waals surface area contributed by atoms with Gasteiger partial charge in [-0.1, -0.05) is 5.16 Å². The van der Waals surface area contributed by atoms with Crippen molar-refractivity contribution in [2.24, 2.45) is 0 Å². The van der Waals surface area contributed by atoms with E-state index in [1.807, 2.05) is 0 Å². The Morgan fingerprint density at radius 1 is 1.64 bits per heavy atom. The van der Waals surface area contributed by atoms with Crippen molar-refractivity contribution in [3.8, 4) is 0 Å². The van der Waals surface area contributed by atoms with E-state index >= 15 is 0 Å². The molecule has 0 saturated carbocycles. The number of carbonyl (C=O) groups is 1. The van der Waals surface area contributed by atoms with Crippen molar-refractivity contribution in [1.29, 1.82) is 0 Å². The molecule has 1 aliphatic rings. The first kappa shape index (κ1) is 9.21. The molecule has 0 radical (unpaired) electrons. The van der Waals surface area contributed by atoms with Gasteiger partial charge in [0.15, 0.2) is 5.76 Å². The van der Waals surface area contributed by atoms with Gasteiger partial charge in [0.05, 0.1) is 12.8 Å². The monoisotopic (exact) mass is 197 g/mol. The van der Waals surface area contributed by atoms with Crippen LogP contribution in [-0.4, -0.2) is 29.4 Å². The molecule has 1 fully saturated rings. The maximum Gasteiger partial charge on any atom is 0.340 e. The van der Waals surface area contributed by atoms with Crippen LogP contribution in [0.5, 0.6) is 0 Å². The van der Waals surface area contributed by atoms with Crippen LogP contribution >= 0.6 is 0 Å². The number of hydrogen-bond donors (Lipinski definition) is 1. The summed E-state index contributed by atoms with van der Waals surface area (Å²) in [7, 11) is 0. The van der Waals surface area contributed by atoms with Gasteiger partial charge in [0.1, 0.15) is 5.56 Å². The fourth-order valence-electron chi connectivity index (χ4n) is 1.65. The first-order valence-electron chi connectivity index (χ1n) is 4.54. The summed E-state index contributed by atoms with van der Waals surface area (Å²) in [6.07, 6.45) is 3.08. The Bertz CT molecular complexity index is 327. The average Bonchev–Trinajstić information content (AvgIpc) is 2.67. The lowest BCUT2D eigenvalue weighted by molar-refractivity contribution is 0.0654. The van der Waals surface area contributed by atoms with Crippen LogP contribution in [0.15, 0.2) is 10.7 Å². The van der Waals surface area contributed by atoms with Gasteiger partial charge in [-0.3, -0.25) is 0 Å². The molecule has 2 heterocycles. The number of aromatic carboxylic acids is 1. The summed E-state index contributed by atoms with van der Waals surface area (Å²) in [5.74, 6) is -0.513. The van der Waals surface area contributed by atoms with E-state index in [1.165, 1.54) is 6.20 Å². The lowest BCUT2D eigenvalue weighted by atomic mass is 9.97. The highest BCUT2D eigenvalue weighted by molar-refractivity contribution is 5.88. The predicted octanol–water partition coefficient (Wildman–Crippen LogP) is 1.27. The zero-order valence-electron chi connectivity index (χ0n) is 7.60. The molecule has 2 rings (SSSR count). The smallest absolute Gasteiger partial charge is 0.340 e. The summed E-state index contributed by atoms with van der Waals surface area (Å²) in [5, 5.41) is 12.4. The van der Waals surface area contributed by atoms with Gasteiger partial charge in [-0.15, -0.1) is 0 Å². The fraction of sp³-hybridized carbons (Fsp3) is 0.556. The molecule has 0 spiro atoms. The molecule has 0 amide bonds. The van der Waals surface area contributed by atoms with Gasteiger partial charge >= 0.3 is 5.97 Å². The van der Waals surface area contributed by atoms with Crippen molar-refractivity contribution in [3.63, 3.8) is 0 Å². The third-order valence-electron chi connectivity index (χ3n) is 2.36. The van der Waals surface area contributed by atoms with Crippen molar-refractivity contribution in [1.82, 2.24) is 5.16 Å². The predicted molar refractivity (Wildman–Crippen MR) is 46.3 cm³/mol. The average molecular weight is 197 g/mol. The minimum absolute atomic E-state index is 0.0392. The summed E-state index contributed by atoms with van der Waals surface area (Å²) >= 11 is 0. The van der Waals surface area contributed by atoms with Crippen molar-refractivity contribution < 1.29 is 19.2 Å². The first-order valence-corrected chi connectivity index (χ1v) is 4.54. The van der Waals surface area contributed by atoms with E-state index in [2.05, 4.69) is 5.16 Å². The van der Waals surface area contributed by atoms with Gasteiger partial charge in [0.2, 0.25) is 0 Å². The van der Waals surface area contributed by atoms with E-state index in [-0.39, 0.29) is 11.5 Å². The van der Waals surface area contributed by atoms with Gasteiger partial charge in [0.25, 0.3) is 0 Å². The van der Waals surface area contributed by atoms with Crippen molar-refractivity contribution in [3.05, 3.63) is 17.5 Å². The Balaban J connectivity index is 2.21. The number of ether oxygens (including phenoxy) is 1. The topological polar surface area (TPSA) is 72.6 Å². The Hall–Kier alpha value is -1.36. The van der Waals surface area contributed by atoms with Crippen molar-refractivity contribution >= 4 is 5.97 Å². The number of aromatic nitrogens is 1. The normalized spacial score (nSPS) is 22.1. The highest BCUT2D eigenvalue weighted by Crippen LogP contribution is 2.27. The lowest BCUT2D eigenvalue weighted by Crippen LogP contribution is -2.17. The summed E-state index contributed by atoms with van der Waals surface area (Å²) in [5.41, 5.74) is 0.153. The molecule has 1 saturated heterocycles. The summed E-state index contributed by atoms with van der Waals surface area (Å²) < 4.78 is 10.2. The number of carboxylic acid groups (broad SMARTS) is 1. The molecule has 76 valence electrons. The van der Waals surface area contributed by atoms with E-state index in [4.69, 9.17) is 14.4 Å². The van der Waals surface area contributed by atoms with Gasteiger partial charge in [-0.2, -0.15) is 0 Å². The molecule has 1 N–H and O–H groups in total. The molecule has 0 aliphatic carbocycles. The number of hydrogen-bond acceptors (Lipinski definition) is 4. The molecule has 0 aromatic carbocycles. The minimum atomic E-state index is -0.994. The SMILES string of the molecule is O=C(O)c1cnoc1C1CCCOC1. The second kappa shape index (κ2) is 3.79. The molecule has 5 heteroatoms. The number of rotatable bonds is 2. The van der Waals surface area contributed by atoms with Crippen LogP contribution in [-0.2, 0) is 4.74 Å². The van der Waals surface area contributed by atoms with Crippen LogP contribution in [0.25, 0.3) is 0 Å². The van der Waals surface area contributed by atoms with Crippen LogP contribution in [0.1, 0.15) is 34.9 Å². The van der Waals surface area contributed by atoms with Crippen LogP contribution in [0, 0.1) is 0 Å². The van der Waals surface area contributed by atoms with E-state index < -0.39 is 5.97 Å². The molecular formula is C9H11NO4. The van der Waals surface area contributed by atoms with Crippen LogP contribution < -0.4 is 0 Å². The minimum Gasteiger partial charge on any atom is -0.478 e. The highest BCUT2D eigenvalue weighted by Gasteiger charge is 2.25. The molecule has 0 bridgehead atoms. The quantitative estimate of drug-likeness (QED) is 0.772. The third kappa shape index (κ3) is 1.63. The van der Waals surface area contributed by atoms with Crippen molar-refractivity contribution in [2.45, 2.75) is 18.8 Å². The molecule has 1 aromatic heterocycles. The van der Waals surface area contributed by atoms with Gasteiger partial charge in [-0.05, 0) is 12.8 Å². The van der Waals surface area contributed by atoms with E-state index in [0.717, 1.165) is 19.4 Å². The molecule has 1 aromatic rings. The lowest BCUT2D eigenvalue weighted by Gasteiger charge is -2.19. The van der Waals surface area contributed by atoms with Crippen molar-refractivity contribution in [2.75, 3.05) is 13.2 Å². The Labute approximate surface area is 80.6 Å². The Kier molecular flexibility index (Phi) is 2.49. The summed E-state index contributed by atoms with van der Waals surface area (Å²) in [6, 6.07) is 0. The van der Waals surface area contributed by atoms with E-state index in [1.54, 1.807) is 0 Å². The molecule has 1 atom stereocenters. The second-order valence-electron chi connectivity index (χ2n) is 3.32. The van der Waals surface area contributed by atoms with Gasteiger partial charge in [0, 0.05) is 12.5 Å². The Morgan fingerprint density at radius 3 is 3.14 bits per heavy atom. The zero-order valence-corrected chi connectivity index (χ0v) is 7.60. The molecule has 14 heavy (non-hydrogen) atoms. The first-order chi connectivity index (χ1) is 6.79. The molecule has 5 nitrogen and oxygen atoms in total. The van der Waals surface area contributed by atoms with E-state index in [9.17, 15) is 4.79 Å². The number of carboxylic acids is 1. The standard InChI is InChI=1S/C9H11NO4/c11-9(12)7-4-10-14-8(7)6-2-1-3-13-5-6/h4,6H,1-3,5H2,(H,11,12). The molecular weight excluding hydrogens is 186 g/mol. The molecule has 1 unspecified atom stereocenters.